The molecule has 0 radical (unpaired) electrons. The molecule has 3 aromatic rings. The van der Waals surface area contributed by atoms with Crippen molar-refractivity contribution in [3.8, 4) is 0 Å². The van der Waals surface area contributed by atoms with Crippen LogP contribution in [0.5, 0.6) is 0 Å². The third-order valence-electron chi connectivity index (χ3n) is 5.77. The maximum absolute atomic E-state index is 13.9. The zero-order valence-corrected chi connectivity index (χ0v) is 24.2. The maximum atomic E-state index is 13.9. The van der Waals surface area contributed by atoms with Gasteiger partial charge in [0.05, 0.1) is 16.1 Å². The lowest BCUT2D eigenvalue weighted by molar-refractivity contribution is -0.128. The highest BCUT2D eigenvalue weighted by molar-refractivity contribution is 7.87. The molecule has 2 amide bonds. The Labute approximate surface area is 230 Å². The molecule has 0 saturated carbocycles. The number of nitrogens with one attached hydrogen (secondary N) is 1. The zero-order chi connectivity index (χ0) is 28.2. The van der Waals surface area contributed by atoms with Crippen molar-refractivity contribution in [1.29, 1.82) is 0 Å². The lowest BCUT2D eigenvalue weighted by Gasteiger charge is -2.27. The first-order valence-corrected chi connectivity index (χ1v) is 14.2. The quantitative estimate of drug-likeness (QED) is 0.360. The van der Waals surface area contributed by atoms with Crippen LogP contribution in [0.15, 0.2) is 60.4 Å². The van der Waals surface area contributed by atoms with Crippen LogP contribution < -0.4 is 5.32 Å². The van der Waals surface area contributed by atoms with Crippen LogP contribution in [0, 0.1) is 11.8 Å². The Kier molecular flexibility index (Phi) is 9.40. The molecule has 3 rings (SSSR count). The fraction of sp³-hybridized carbons (Fsp3) is 0.357. The van der Waals surface area contributed by atoms with E-state index in [0.29, 0.717) is 29.6 Å². The van der Waals surface area contributed by atoms with Crippen molar-refractivity contribution >= 4 is 50.6 Å². The van der Waals surface area contributed by atoms with Crippen molar-refractivity contribution < 1.29 is 18.0 Å². The van der Waals surface area contributed by atoms with E-state index in [4.69, 9.17) is 11.6 Å². The van der Waals surface area contributed by atoms with Crippen LogP contribution in [-0.2, 0) is 15.0 Å². The largest absolute Gasteiger partial charge is 0.337 e. The van der Waals surface area contributed by atoms with Crippen molar-refractivity contribution in [1.82, 2.24) is 18.5 Å². The van der Waals surface area contributed by atoms with Crippen LogP contribution in [0.2, 0.25) is 5.02 Å². The van der Waals surface area contributed by atoms with Gasteiger partial charge in [-0.3, -0.25) is 9.59 Å². The molecule has 0 bridgehead atoms. The van der Waals surface area contributed by atoms with Gasteiger partial charge in [0, 0.05) is 44.3 Å². The van der Waals surface area contributed by atoms with Gasteiger partial charge in [0.2, 0.25) is 0 Å². The molecule has 38 heavy (non-hydrogen) atoms. The Morgan fingerprint density at radius 3 is 2.13 bits per heavy atom. The van der Waals surface area contributed by atoms with E-state index < -0.39 is 16.1 Å². The number of hydrogen-bond donors (Lipinski definition) is 1. The molecule has 0 aliphatic heterocycles. The van der Waals surface area contributed by atoms with Crippen LogP contribution in [0.3, 0.4) is 0 Å². The molecular formula is C28H35ClN4O4S. The summed E-state index contributed by atoms with van der Waals surface area (Å²) in [5.74, 6) is -0.496. The number of amides is 2. The van der Waals surface area contributed by atoms with Crippen molar-refractivity contribution in [2.75, 3.05) is 27.2 Å². The summed E-state index contributed by atoms with van der Waals surface area (Å²) in [6, 6.07) is 13.6. The topological polar surface area (TPSA) is 91.7 Å². The number of nitrogens with zero attached hydrogens (tertiary/aromatic N) is 3. The molecule has 0 fully saturated rings. The SMILES string of the molecule is CC(C)CN(CC(C)C)C(=O)C(=Cc1cn(S(=O)(=O)N(C)C)c2ccccc12)NC(=O)c1ccccc1Cl. The summed E-state index contributed by atoms with van der Waals surface area (Å²) in [6.07, 6.45) is 3.00. The van der Waals surface area contributed by atoms with E-state index >= 15 is 0 Å². The van der Waals surface area contributed by atoms with Gasteiger partial charge in [-0.1, -0.05) is 69.6 Å². The third kappa shape index (κ3) is 6.64. The molecule has 0 aliphatic carbocycles. The summed E-state index contributed by atoms with van der Waals surface area (Å²) >= 11 is 6.25. The highest BCUT2D eigenvalue weighted by atomic mass is 35.5. The highest BCUT2D eigenvalue weighted by Crippen LogP contribution is 2.26. The van der Waals surface area contributed by atoms with Gasteiger partial charge in [0.25, 0.3) is 11.8 Å². The van der Waals surface area contributed by atoms with Gasteiger partial charge in [-0.05, 0) is 36.1 Å². The number of carbonyl (C=O) groups excluding carboxylic acids is 2. The van der Waals surface area contributed by atoms with Crippen LogP contribution in [0.25, 0.3) is 17.0 Å². The Morgan fingerprint density at radius 2 is 1.55 bits per heavy atom. The van der Waals surface area contributed by atoms with Crippen molar-refractivity contribution in [2.24, 2.45) is 11.8 Å². The predicted molar refractivity (Wildman–Crippen MR) is 153 cm³/mol. The number of aromatic nitrogens is 1. The maximum Gasteiger partial charge on any atom is 0.307 e. The van der Waals surface area contributed by atoms with Gasteiger partial charge in [-0.25, -0.2) is 3.97 Å². The van der Waals surface area contributed by atoms with Gasteiger partial charge in [0.1, 0.15) is 5.70 Å². The molecule has 1 N–H and O–H groups in total. The molecule has 10 heteroatoms. The Hall–Kier alpha value is -3.14. The van der Waals surface area contributed by atoms with E-state index in [1.54, 1.807) is 53.4 Å². The van der Waals surface area contributed by atoms with Crippen molar-refractivity contribution in [3.05, 3.63) is 76.6 Å². The summed E-state index contributed by atoms with van der Waals surface area (Å²) in [5, 5.41) is 3.64. The minimum atomic E-state index is -3.84. The number of carbonyl (C=O) groups is 2. The third-order valence-corrected chi connectivity index (χ3v) is 7.83. The van der Waals surface area contributed by atoms with Gasteiger partial charge in [-0.15, -0.1) is 0 Å². The Balaban J connectivity index is 2.19. The number of halogens is 1. The van der Waals surface area contributed by atoms with Crippen molar-refractivity contribution in [3.63, 3.8) is 0 Å². The number of rotatable bonds is 10. The molecular weight excluding hydrogens is 524 g/mol. The summed E-state index contributed by atoms with van der Waals surface area (Å²) in [4.78, 5) is 28.8. The second kappa shape index (κ2) is 12.1. The molecule has 1 heterocycles. The van der Waals surface area contributed by atoms with E-state index in [-0.39, 0.29) is 34.0 Å². The predicted octanol–water partition coefficient (Wildman–Crippen LogP) is 4.86. The summed E-state index contributed by atoms with van der Waals surface area (Å²) in [5.41, 5.74) is 1.19. The zero-order valence-electron chi connectivity index (χ0n) is 22.6. The monoisotopic (exact) mass is 558 g/mol. The van der Waals surface area contributed by atoms with E-state index in [2.05, 4.69) is 5.32 Å². The lowest BCUT2D eigenvalue weighted by atomic mass is 10.1. The molecule has 204 valence electrons. The highest BCUT2D eigenvalue weighted by Gasteiger charge is 2.25. The average molecular weight is 559 g/mol. The van der Waals surface area contributed by atoms with Crippen LogP contribution >= 0.6 is 11.6 Å². The first-order valence-electron chi connectivity index (χ1n) is 12.4. The van der Waals surface area contributed by atoms with Gasteiger partial charge in [0.15, 0.2) is 0 Å². The molecule has 0 unspecified atom stereocenters. The molecule has 1 aromatic heterocycles. The first-order chi connectivity index (χ1) is 17.8. The van der Waals surface area contributed by atoms with Gasteiger partial charge in [-0.2, -0.15) is 12.7 Å². The van der Waals surface area contributed by atoms with Gasteiger partial charge < -0.3 is 10.2 Å². The van der Waals surface area contributed by atoms with Gasteiger partial charge >= 0.3 is 10.2 Å². The van der Waals surface area contributed by atoms with E-state index in [1.165, 1.54) is 30.3 Å². The van der Waals surface area contributed by atoms with Crippen LogP contribution in [-0.4, -0.2) is 60.6 Å². The minimum absolute atomic E-state index is 0.0290. The second-order valence-corrected chi connectivity index (χ2v) is 12.6. The van der Waals surface area contributed by atoms with Crippen LogP contribution in [0.4, 0.5) is 0 Å². The van der Waals surface area contributed by atoms with E-state index in [0.717, 1.165) is 4.31 Å². The Bertz CT molecular complexity index is 1450. The number of fused-ring (bicyclic) bond motifs is 1. The fourth-order valence-electron chi connectivity index (χ4n) is 4.09. The summed E-state index contributed by atoms with van der Waals surface area (Å²) in [7, 11) is -0.933. The molecule has 0 saturated heterocycles. The summed E-state index contributed by atoms with van der Waals surface area (Å²) < 4.78 is 28.4. The smallest absolute Gasteiger partial charge is 0.307 e. The molecule has 8 nitrogen and oxygen atoms in total. The Morgan fingerprint density at radius 1 is 0.974 bits per heavy atom. The number of para-hydroxylation sites is 1. The molecule has 2 aromatic carbocycles. The van der Waals surface area contributed by atoms with Crippen LogP contribution in [0.1, 0.15) is 43.6 Å². The molecule has 0 aliphatic rings. The standard InChI is InChI=1S/C28H35ClN4O4S/c1-19(2)16-32(17-20(3)4)28(35)25(30-27(34)23-12-7-9-13-24(23)29)15-21-18-33(38(36,37)31(5)6)26-14-10-8-11-22(21)26/h7-15,18-20H,16-17H2,1-6H3,(H,30,34). The van der Waals surface area contributed by atoms with E-state index in [9.17, 15) is 18.0 Å². The second-order valence-electron chi connectivity index (χ2n) is 10.2. The molecule has 0 atom stereocenters. The normalized spacial score (nSPS) is 12.5. The lowest BCUT2D eigenvalue weighted by Crippen LogP contribution is -2.42. The number of benzene rings is 2. The van der Waals surface area contributed by atoms with E-state index in [1.807, 2.05) is 27.7 Å². The average Bonchev–Trinajstić information content (AvgIpc) is 3.21. The van der Waals surface area contributed by atoms with Crippen molar-refractivity contribution in [2.45, 2.75) is 27.7 Å². The summed E-state index contributed by atoms with van der Waals surface area (Å²) in [6.45, 7) is 9.07. The minimum Gasteiger partial charge on any atom is -0.337 e. The molecule has 0 spiro atoms. The first kappa shape index (κ1) is 29.4. The number of hydrogen-bond acceptors (Lipinski definition) is 4. The fourth-order valence-corrected chi connectivity index (χ4v) is 5.32.